The summed E-state index contributed by atoms with van der Waals surface area (Å²) in [6.07, 6.45) is 0. The van der Waals surface area contributed by atoms with Crippen molar-refractivity contribution in [1.29, 1.82) is 0 Å². The Hall–Kier alpha value is -1.57. The standard InChI is InChI=1S/C17H23NO2Si/c1-13-7-8-14-15(9-10-21(4,5)6)18-17(2,12-19-3)20-16(14)11-13/h7-8,11H,12H2,1-6H3. The van der Waals surface area contributed by atoms with Gasteiger partial charge in [-0.15, -0.1) is 5.54 Å². The highest BCUT2D eigenvalue weighted by molar-refractivity contribution is 6.84. The lowest BCUT2D eigenvalue weighted by Gasteiger charge is -2.31. The molecule has 0 saturated heterocycles. The van der Waals surface area contributed by atoms with E-state index in [4.69, 9.17) is 14.5 Å². The van der Waals surface area contributed by atoms with Gasteiger partial charge in [0.25, 0.3) is 0 Å². The average Bonchev–Trinajstić information content (AvgIpc) is 2.34. The second-order valence-electron chi connectivity index (χ2n) is 6.67. The summed E-state index contributed by atoms with van der Waals surface area (Å²) in [7, 11) is 0.204. The number of methoxy groups -OCH3 is 1. The van der Waals surface area contributed by atoms with Gasteiger partial charge < -0.3 is 9.47 Å². The molecular formula is C17H23NO2Si. The number of hydrogen-bond acceptors (Lipinski definition) is 3. The molecular weight excluding hydrogens is 278 g/mol. The summed E-state index contributed by atoms with van der Waals surface area (Å²) in [6, 6.07) is 6.13. The molecule has 0 spiro atoms. The molecule has 2 rings (SSSR count). The first-order valence-electron chi connectivity index (χ1n) is 7.14. The fourth-order valence-corrected chi connectivity index (χ4v) is 2.63. The minimum atomic E-state index is -1.45. The monoisotopic (exact) mass is 301 g/mol. The number of rotatable bonds is 2. The van der Waals surface area contributed by atoms with E-state index in [-0.39, 0.29) is 0 Å². The molecule has 1 aliphatic heterocycles. The predicted molar refractivity (Wildman–Crippen MR) is 89.7 cm³/mol. The molecule has 0 fully saturated rings. The Balaban J connectivity index is 2.52. The molecule has 1 heterocycles. The van der Waals surface area contributed by atoms with Crippen LogP contribution in [0.25, 0.3) is 0 Å². The molecule has 4 heteroatoms. The van der Waals surface area contributed by atoms with Crippen molar-refractivity contribution in [3.63, 3.8) is 0 Å². The van der Waals surface area contributed by atoms with Crippen LogP contribution in [0.15, 0.2) is 23.2 Å². The quantitative estimate of drug-likeness (QED) is 0.619. The third-order valence-electron chi connectivity index (χ3n) is 3.04. The fraction of sp³-hybridized carbons (Fsp3) is 0.471. The maximum Gasteiger partial charge on any atom is 0.221 e. The minimum absolute atomic E-state index is 0.401. The minimum Gasteiger partial charge on any atom is -0.463 e. The van der Waals surface area contributed by atoms with E-state index in [1.807, 2.05) is 19.1 Å². The highest BCUT2D eigenvalue weighted by Crippen LogP contribution is 2.31. The van der Waals surface area contributed by atoms with Crippen molar-refractivity contribution >= 4 is 13.8 Å². The van der Waals surface area contributed by atoms with E-state index >= 15 is 0 Å². The number of hydrogen-bond donors (Lipinski definition) is 0. The zero-order valence-corrected chi connectivity index (χ0v) is 14.7. The highest BCUT2D eigenvalue weighted by atomic mass is 28.3. The second kappa shape index (κ2) is 5.67. The Labute approximate surface area is 128 Å². The molecule has 1 aromatic carbocycles. The Morgan fingerprint density at radius 1 is 1.33 bits per heavy atom. The van der Waals surface area contributed by atoms with Crippen LogP contribution >= 0.6 is 0 Å². The first-order valence-corrected chi connectivity index (χ1v) is 10.6. The smallest absolute Gasteiger partial charge is 0.221 e. The maximum atomic E-state index is 6.03. The van der Waals surface area contributed by atoms with Crippen molar-refractivity contribution in [2.75, 3.05) is 13.7 Å². The van der Waals surface area contributed by atoms with Crippen molar-refractivity contribution in [1.82, 2.24) is 0 Å². The normalized spacial score (nSPS) is 20.8. The summed E-state index contributed by atoms with van der Waals surface area (Å²) in [4.78, 5) is 4.70. The van der Waals surface area contributed by atoms with Gasteiger partial charge in [-0.3, -0.25) is 0 Å². The molecule has 1 atom stereocenters. The van der Waals surface area contributed by atoms with Crippen molar-refractivity contribution in [3.05, 3.63) is 29.3 Å². The largest absolute Gasteiger partial charge is 0.463 e. The number of benzene rings is 1. The van der Waals surface area contributed by atoms with Crippen LogP contribution in [-0.4, -0.2) is 33.2 Å². The maximum absolute atomic E-state index is 6.03. The van der Waals surface area contributed by atoms with E-state index in [2.05, 4.69) is 44.1 Å². The molecule has 0 N–H and O–H groups in total. The topological polar surface area (TPSA) is 30.8 Å². The van der Waals surface area contributed by atoms with Crippen LogP contribution in [0.5, 0.6) is 5.75 Å². The van der Waals surface area contributed by atoms with Crippen LogP contribution in [0, 0.1) is 18.4 Å². The number of aliphatic imine (C=N–C) groups is 1. The summed E-state index contributed by atoms with van der Waals surface area (Å²) in [5, 5.41) is 0. The summed E-state index contributed by atoms with van der Waals surface area (Å²) in [5.41, 5.74) is 5.62. The summed E-state index contributed by atoms with van der Waals surface area (Å²) < 4.78 is 11.3. The first-order chi connectivity index (χ1) is 9.72. The predicted octanol–water partition coefficient (Wildman–Crippen LogP) is 3.42. The number of aryl methyl sites for hydroxylation is 1. The van der Waals surface area contributed by atoms with Crippen molar-refractivity contribution in [2.24, 2.45) is 4.99 Å². The van der Waals surface area contributed by atoms with Crippen LogP contribution in [0.1, 0.15) is 18.1 Å². The third kappa shape index (κ3) is 3.96. The molecule has 0 amide bonds. The van der Waals surface area contributed by atoms with E-state index in [1.54, 1.807) is 7.11 Å². The highest BCUT2D eigenvalue weighted by Gasteiger charge is 2.32. The molecule has 1 aromatic rings. The molecule has 0 bridgehead atoms. The lowest BCUT2D eigenvalue weighted by Crippen LogP contribution is -2.39. The van der Waals surface area contributed by atoms with Gasteiger partial charge in [-0.05, 0) is 31.5 Å². The van der Waals surface area contributed by atoms with Gasteiger partial charge in [-0.1, -0.05) is 31.6 Å². The molecule has 0 aliphatic carbocycles. The molecule has 3 nitrogen and oxygen atoms in total. The van der Waals surface area contributed by atoms with E-state index in [0.717, 1.165) is 22.6 Å². The van der Waals surface area contributed by atoms with Gasteiger partial charge in [-0.2, -0.15) is 0 Å². The van der Waals surface area contributed by atoms with Gasteiger partial charge in [0, 0.05) is 7.11 Å². The van der Waals surface area contributed by atoms with Gasteiger partial charge in [0.1, 0.15) is 26.1 Å². The lowest BCUT2D eigenvalue weighted by molar-refractivity contribution is 0.00835. The first kappa shape index (κ1) is 15.8. The summed E-state index contributed by atoms with van der Waals surface area (Å²) in [6.45, 7) is 11.1. The summed E-state index contributed by atoms with van der Waals surface area (Å²) in [5.74, 6) is 4.11. The van der Waals surface area contributed by atoms with Crippen LogP contribution < -0.4 is 4.74 Å². The number of nitrogens with zero attached hydrogens (tertiary/aromatic N) is 1. The molecule has 112 valence electrons. The van der Waals surface area contributed by atoms with Crippen molar-refractivity contribution in [3.8, 4) is 17.2 Å². The summed E-state index contributed by atoms with van der Waals surface area (Å²) >= 11 is 0. The van der Waals surface area contributed by atoms with E-state index in [9.17, 15) is 0 Å². The SMILES string of the molecule is COCC1(C)N=C(C#C[Si](C)(C)C)c2ccc(C)cc2O1. The van der Waals surface area contributed by atoms with Gasteiger partial charge in [0.05, 0.1) is 5.56 Å². The average molecular weight is 301 g/mol. The second-order valence-corrected chi connectivity index (χ2v) is 11.4. The van der Waals surface area contributed by atoms with E-state index in [0.29, 0.717) is 6.61 Å². The van der Waals surface area contributed by atoms with Crippen LogP contribution in [-0.2, 0) is 4.74 Å². The zero-order valence-electron chi connectivity index (χ0n) is 13.7. The van der Waals surface area contributed by atoms with E-state index < -0.39 is 13.8 Å². The van der Waals surface area contributed by atoms with E-state index in [1.165, 1.54) is 0 Å². The van der Waals surface area contributed by atoms with Crippen LogP contribution in [0.2, 0.25) is 19.6 Å². The molecule has 0 aromatic heterocycles. The van der Waals surface area contributed by atoms with Crippen molar-refractivity contribution < 1.29 is 9.47 Å². The Morgan fingerprint density at radius 3 is 2.67 bits per heavy atom. The molecule has 1 unspecified atom stereocenters. The van der Waals surface area contributed by atoms with Gasteiger partial charge >= 0.3 is 0 Å². The Bertz CT molecular complexity index is 634. The number of ether oxygens (including phenoxy) is 2. The Kier molecular flexibility index (Phi) is 4.27. The van der Waals surface area contributed by atoms with Gasteiger partial charge in [0.2, 0.25) is 5.72 Å². The molecule has 1 aliphatic rings. The Morgan fingerprint density at radius 2 is 2.05 bits per heavy atom. The lowest BCUT2D eigenvalue weighted by atomic mass is 10.0. The zero-order chi connectivity index (χ0) is 15.7. The van der Waals surface area contributed by atoms with Crippen LogP contribution in [0.3, 0.4) is 0 Å². The van der Waals surface area contributed by atoms with Crippen molar-refractivity contribution in [2.45, 2.75) is 39.2 Å². The van der Waals surface area contributed by atoms with Gasteiger partial charge in [-0.25, -0.2) is 4.99 Å². The molecule has 0 saturated carbocycles. The molecule has 0 radical (unpaired) electrons. The number of fused-ring (bicyclic) bond motifs is 1. The fourth-order valence-electron chi connectivity index (χ4n) is 2.14. The third-order valence-corrected chi connectivity index (χ3v) is 3.91. The van der Waals surface area contributed by atoms with Crippen LogP contribution in [0.4, 0.5) is 0 Å². The molecule has 21 heavy (non-hydrogen) atoms. The van der Waals surface area contributed by atoms with Gasteiger partial charge in [0.15, 0.2) is 0 Å².